The van der Waals surface area contributed by atoms with Crippen molar-refractivity contribution < 1.29 is 4.28 Å². The summed E-state index contributed by atoms with van der Waals surface area (Å²) in [6.07, 6.45) is 2.51. The van der Waals surface area contributed by atoms with Crippen LogP contribution in [0.15, 0.2) is 28.0 Å². The van der Waals surface area contributed by atoms with Gasteiger partial charge in [0, 0.05) is 22.3 Å². The fourth-order valence-electron chi connectivity index (χ4n) is 2.01. The number of hydrogen-bond acceptors (Lipinski definition) is 4. The summed E-state index contributed by atoms with van der Waals surface area (Å²) in [5.41, 5.74) is 8.30. The summed E-state index contributed by atoms with van der Waals surface area (Å²) in [5, 5.41) is 8.64. The minimum Gasteiger partial charge on any atom is -0.379 e. The zero-order valence-electron chi connectivity index (χ0n) is 11.5. The zero-order valence-corrected chi connectivity index (χ0v) is 12.3. The second-order valence-corrected chi connectivity index (χ2v) is 6.22. The molecule has 3 rings (SSSR count). The van der Waals surface area contributed by atoms with Crippen LogP contribution in [0.3, 0.4) is 0 Å². The maximum Gasteiger partial charge on any atom is 0.323 e. The molecule has 0 amide bonds. The summed E-state index contributed by atoms with van der Waals surface area (Å²) in [7, 11) is 0. The van der Waals surface area contributed by atoms with Crippen LogP contribution in [0, 0.1) is 11.3 Å². The number of hydrogen-bond donors (Lipinski definition) is 4. The van der Waals surface area contributed by atoms with Crippen molar-refractivity contribution in [2.45, 2.75) is 12.8 Å². The van der Waals surface area contributed by atoms with E-state index in [1.54, 1.807) is 12.1 Å². The molecule has 0 spiro atoms. The summed E-state index contributed by atoms with van der Waals surface area (Å²) >= 11 is 1.38. The molecule has 1 fully saturated rings. The molecule has 5 N–H and O–H groups in total. The first-order valence-electron chi connectivity index (χ1n) is 6.84. The fraction of sp³-hybridized carbons (Fsp3) is 0.357. The number of fused-ring (bicyclic) bond motifs is 1. The number of benzene rings is 1. The number of imidazole rings is 1. The molecule has 7 heteroatoms. The zero-order chi connectivity index (χ0) is 14.8. The van der Waals surface area contributed by atoms with Crippen molar-refractivity contribution in [2.24, 2.45) is 16.6 Å². The van der Waals surface area contributed by atoms with E-state index in [0.29, 0.717) is 22.1 Å². The van der Waals surface area contributed by atoms with Gasteiger partial charge in [-0.1, -0.05) is 17.8 Å². The van der Waals surface area contributed by atoms with E-state index in [-0.39, 0.29) is 9.97 Å². The molecule has 6 nitrogen and oxygen atoms in total. The van der Waals surface area contributed by atoms with Gasteiger partial charge in [-0.3, -0.25) is 4.99 Å². The molecule has 1 aliphatic carbocycles. The van der Waals surface area contributed by atoms with Crippen LogP contribution in [-0.2, 0) is 0 Å². The Bertz CT molecular complexity index is 769. The molecular weight excluding hydrogens is 286 g/mol. The molecule has 2 aromatic rings. The number of aliphatic imine (C=N–C) groups is 1. The first-order chi connectivity index (χ1) is 10.1. The van der Waals surface area contributed by atoms with Crippen LogP contribution in [0.25, 0.3) is 11.0 Å². The van der Waals surface area contributed by atoms with E-state index >= 15 is 0 Å². The molecule has 0 atom stereocenters. The van der Waals surface area contributed by atoms with Crippen LogP contribution in [0.5, 0.6) is 0 Å². The van der Waals surface area contributed by atoms with Crippen molar-refractivity contribution in [1.82, 2.24) is 9.97 Å². The van der Waals surface area contributed by atoms with E-state index in [2.05, 4.69) is 15.0 Å². The summed E-state index contributed by atoms with van der Waals surface area (Å²) < 4.78 is 0. The van der Waals surface area contributed by atoms with Crippen molar-refractivity contribution >= 4 is 33.7 Å². The average Bonchev–Trinajstić information content (AvgIpc) is 3.22. The van der Waals surface area contributed by atoms with Gasteiger partial charge in [0.1, 0.15) is 0 Å². The predicted octanol–water partition coefficient (Wildman–Crippen LogP) is 2.42. The third-order valence-electron chi connectivity index (χ3n) is 3.43. The lowest BCUT2D eigenvalue weighted by Crippen LogP contribution is -2.12. The maximum atomic E-state index is 11.2. The number of nitrogens with zero attached hydrogens (tertiary/aromatic N) is 1. The highest BCUT2D eigenvalue weighted by molar-refractivity contribution is 8.14. The van der Waals surface area contributed by atoms with Gasteiger partial charge >= 0.3 is 5.69 Å². The van der Waals surface area contributed by atoms with Gasteiger partial charge in [-0.25, -0.2) is 4.79 Å². The number of amidine groups is 1. The number of H-pyrrole nitrogens is 2. The maximum absolute atomic E-state index is 11.2. The van der Waals surface area contributed by atoms with Crippen LogP contribution in [0.1, 0.15) is 22.7 Å². The highest BCUT2D eigenvalue weighted by Crippen LogP contribution is 2.29. The third-order valence-corrected chi connectivity index (χ3v) is 4.29. The van der Waals surface area contributed by atoms with Gasteiger partial charge in [-0.2, -0.15) is 0 Å². The predicted molar refractivity (Wildman–Crippen MR) is 93.8 cm³/mol. The monoisotopic (exact) mass is 309 g/mol. The highest BCUT2D eigenvalue weighted by atomic mass is 32.2. The number of aromatic amines is 2. The Morgan fingerprint density at radius 2 is 2.19 bits per heavy atom. The molecule has 0 unspecified atom stereocenters. The Morgan fingerprint density at radius 3 is 2.95 bits per heavy atom. The molecule has 0 saturated heterocycles. The summed E-state index contributed by atoms with van der Waals surface area (Å²) in [6.45, 7) is 0.808. The molecular formula is C14H23N5OS. The Hall–Kier alpha value is -2.02. The van der Waals surface area contributed by atoms with Gasteiger partial charge < -0.3 is 21.1 Å². The van der Waals surface area contributed by atoms with Gasteiger partial charge in [0.15, 0.2) is 5.17 Å². The minimum atomic E-state index is -0.237. The number of rotatable bonds is 5. The second kappa shape index (κ2) is 5.77. The van der Waals surface area contributed by atoms with Crippen LogP contribution >= 0.6 is 11.8 Å². The number of nitrogens with one attached hydrogen (secondary N) is 3. The Balaban J connectivity index is 0.00000176. The van der Waals surface area contributed by atoms with Crippen LogP contribution in [-0.4, -0.2) is 33.1 Å². The largest absolute Gasteiger partial charge is 0.379 e. The van der Waals surface area contributed by atoms with Crippen molar-refractivity contribution in [3.8, 4) is 0 Å². The van der Waals surface area contributed by atoms with E-state index < -0.39 is 0 Å². The quantitative estimate of drug-likeness (QED) is 0.502. The molecule has 1 aromatic heterocycles. The lowest BCUT2D eigenvalue weighted by atomic mass is 10.1. The highest BCUT2D eigenvalue weighted by Gasteiger charge is 2.20. The van der Waals surface area contributed by atoms with E-state index in [4.69, 9.17) is 11.1 Å². The summed E-state index contributed by atoms with van der Waals surface area (Å²) in [6, 6.07) is 5.42. The Kier molecular flexibility index (Phi) is 3.83. The first-order valence-corrected chi connectivity index (χ1v) is 7.83. The number of thioether (sulfide) groups is 1. The average molecular weight is 309 g/mol. The molecule has 21 heavy (non-hydrogen) atoms. The second-order valence-electron chi connectivity index (χ2n) is 5.23. The van der Waals surface area contributed by atoms with Gasteiger partial charge in [-0.15, -0.1) is 0 Å². The molecule has 0 bridgehead atoms. The molecule has 1 heterocycles. The minimum absolute atomic E-state index is 0. The Morgan fingerprint density at radius 1 is 1.43 bits per heavy atom. The van der Waals surface area contributed by atoms with E-state index in [1.165, 1.54) is 24.6 Å². The van der Waals surface area contributed by atoms with Crippen molar-refractivity contribution in [1.29, 1.82) is 5.41 Å². The molecule has 0 radical (unpaired) electrons. The van der Waals surface area contributed by atoms with Crippen LogP contribution in [0.4, 0.5) is 0 Å². The third kappa shape index (κ3) is 3.55. The van der Waals surface area contributed by atoms with Crippen molar-refractivity contribution in [2.75, 3.05) is 12.3 Å². The van der Waals surface area contributed by atoms with Crippen LogP contribution < -0.4 is 11.4 Å². The van der Waals surface area contributed by atoms with E-state index in [9.17, 15) is 4.79 Å². The van der Waals surface area contributed by atoms with Crippen molar-refractivity contribution in [3.63, 3.8) is 0 Å². The van der Waals surface area contributed by atoms with Crippen molar-refractivity contribution in [3.05, 3.63) is 34.2 Å². The van der Waals surface area contributed by atoms with Gasteiger partial charge in [0.2, 0.25) is 0 Å². The standard InChI is InChI=1S/C14H17N5OS.3H2/c15-10(7-21-13(16)17-6-8-1-2-8)9-3-4-11-12(5-9)19-14(20)18-11;;;/h3-5,8,15H,1-2,6-7H2,(H2,16,17)(H2,18,19,20);3*1H. The smallest absolute Gasteiger partial charge is 0.323 e. The molecule has 1 aliphatic rings. The lowest BCUT2D eigenvalue weighted by molar-refractivity contribution is 0.849. The van der Waals surface area contributed by atoms with E-state index in [0.717, 1.165) is 23.5 Å². The number of nitrogens with two attached hydrogens (primary N) is 1. The molecule has 0 aliphatic heterocycles. The van der Waals surface area contributed by atoms with Crippen LogP contribution in [0.2, 0.25) is 0 Å². The lowest BCUT2D eigenvalue weighted by Gasteiger charge is -2.04. The van der Waals surface area contributed by atoms with Gasteiger partial charge in [-0.05, 0) is 36.5 Å². The Labute approximate surface area is 130 Å². The van der Waals surface area contributed by atoms with Gasteiger partial charge in [0.25, 0.3) is 0 Å². The number of aromatic nitrogens is 2. The SMILES string of the molecule is N=C(CSC(N)=NCC1CC1)c1ccc2[nH]c(=O)[nH]c2c1.[HH].[HH].[HH]. The topological polar surface area (TPSA) is 111 Å². The first kappa shape index (κ1) is 13.9. The summed E-state index contributed by atoms with van der Waals surface area (Å²) in [4.78, 5) is 20.9. The van der Waals surface area contributed by atoms with Gasteiger partial charge in [0.05, 0.1) is 11.0 Å². The molecule has 1 saturated carbocycles. The summed E-state index contributed by atoms with van der Waals surface area (Å²) in [5.74, 6) is 1.19. The molecule has 1 aromatic carbocycles. The molecule has 116 valence electrons. The fourth-order valence-corrected chi connectivity index (χ4v) is 2.64. The normalized spacial score (nSPS) is 15.5. The van der Waals surface area contributed by atoms with E-state index in [1.807, 2.05) is 6.07 Å².